The van der Waals surface area contributed by atoms with Crippen LogP contribution in [-0.4, -0.2) is 0 Å². The first kappa shape index (κ1) is 19.0. The summed E-state index contributed by atoms with van der Waals surface area (Å²) in [6, 6.07) is 14.1. The van der Waals surface area contributed by atoms with Gasteiger partial charge in [0, 0.05) is 5.75 Å². The molecule has 0 aliphatic rings. The summed E-state index contributed by atoms with van der Waals surface area (Å²) in [4.78, 5) is 10.6. The molecule has 2 aromatic carbocycles. The van der Waals surface area contributed by atoms with E-state index in [1.807, 2.05) is 12.1 Å². The van der Waals surface area contributed by atoms with Gasteiger partial charge in [-0.3, -0.25) is 0 Å². The van der Waals surface area contributed by atoms with Crippen molar-refractivity contribution in [3.63, 3.8) is 0 Å². The lowest BCUT2D eigenvalue weighted by Gasteiger charge is -2.19. The molecule has 0 saturated carbocycles. The minimum atomic E-state index is 0.187. The van der Waals surface area contributed by atoms with Gasteiger partial charge in [0.2, 0.25) is 0 Å². The minimum Gasteiger partial charge on any atom is -0.425 e. The van der Waals surface area contributed by atoms with E-state index in [1.54, 1.807) is 46.9 Å². The van der Waals surface area contributed by atoms with E-state index in [9.17, 15) is 4.91 Å². The molecule has 0 atom stereocenters. The molecule has 0 spiro atoms. The minimum absolute atomic E-state index is 0.187. The van der Waals surface area contributed by atoms with E-state index in [1.165, 1.54) is 11.1 Å². The van der Waals surface area contributed by atoms with Crippen LogP contribution in [0, 0.1) is 4.91 Å². The Morgan fingerprint density at radius 1 is 1.17 bits per heavy atom. The molecule has 0 heterocycles. The van der Waals surface area contributed by atoms with Crippen molar-refractivity contribution in [2.75, 3.05) is 0 Å². The van der Waals surface area contributed by atoms with Gasteiger partial charge in [-0.2, -0.15) is 0 Å². The molecule has 0 saturated heterocycles. The van der Waals surface area contributed by atoms with Crippen molar-refractivity contribution in [3.05, 3.63) is 69.5 Å². The van der Waals surface area contributed by atoms with E-state index in [0.29, 0.717) is 11.4 Å². The maximum Gasteiger partial charge on any atom is 0.192 e. The summed E-state index contributed by atoms with van der Waals surface area (Å²) >= 11 is 3.48. The number of halogens is 1. The lowest BCUT2D eigenvalue weighted by atomic mass is 9.87. The first-order valence-corrected chi connectivity index (χ1v) is 9.50. The van der Waals surface area contributed by atoms with Crippen LogP contribution in [0.25, 0.3) is 6.08 Å². The summed E-state index contributed by atoms with van der Waals surface area (Å²) in [5, 5.41) is 4.99. The molecule has 2 aromatic rings. The third-order valence-electron chi connectivity index (χ3n) is 3.59. The quantitative estimate of drug-likeness (QED) is 0.349. The van der Waals surface area contributed by atoms with Gasteiger partial charge in [0.15, 0.2) is 34.4 Å². The molecule has 5 heteroatoms. The zero-order valence-corrected chi connectivity index (χ0v) is 16.9. The van der Waals surface area contributed by atoms with Gasteiger partial charge in [0.25, 0.3) is 0 Å². The molecule has 0 radical (unpaired) electrons. The number of benzene rings is 2. The number of nitrogens with zero attached hydrogens (tertiary/aromatic N) is 1. The van der Waals surface area contributed by atoms with Crippen LogP contribution < -0.4 is 3.07 Å². The van der Waals surface area contributed by atoms with E-state index < -0.39 is 0 Å². The van der Waals surface area contributed by atoms with Gasteiger partial charge in [0.05, 0.1) is 0 Å². The molecular formula is C19H20INO2S. The van der Waals surface area contributed by atoms with Crippen molar-refractivity contribution in [2.45, 2.75) is 31.9 Å². The van der Waals surface area contributed by atoms with E-state index >= 15 is 0 Å². The van der Waals surface area contributed by atoms with Crippen molar-refractivity contribution >= 4 is 46.5 Å². The molecule has 0 N–H and O–H groups in total. The predicted molar refractivity (Wildman–Crippen MR) is 112 cm³/mol. The van der Waals surface area contributed by atoms with Crippen molar-refractivity contribution in [2.24, 2.45) is 5.18 Å². The number of rotatable bonds is 6. The molecular weight excluding hydrogens is 433 g/mol. The average Bonchev–Trinajstić information content (AvgIpc) is 2.58. The fourth-order valence-electron chi connectivity index (χ4n) is 2.14. The van der Waals surface area contributed by atoms with Gasteiger partial charge in [-0.15, -0.1) is 16.7 Å². The topological polar surface area (TPSA) is 38.7 Å². The summed E-state index contributed by atoms with van der Waals surface area (Å²) < 4.78 is 5.13. The molecule has 0 fully saturated rings. The van der Waals surface area contributed by atoms with Gasteiger partial charge in [-0.1, -0.05) is 51.1 Å². The third kappa shape index (κ3) is 5.34. The maximum absolute atomic E-state index is 10.6. The fraction of sp³-hybridized carbons (Fsp3) is 0.263. The molecule has 0 aliphatic heterocycles. The third-order valence-corrected chi connectivity index (χ3v) is 4.90. The highest BCUT2D eigenvalue weighted by Crippen LogP contribution is 2.30. The highest BCUT2D eigenvalue weighted by atomic mass is 127. The Kier molecular flexibility index (Phi) is 6.86. The van der Waals surface area contributed by atoms with Crippen molar-refractivity contribution in [3.8, 4) is 5.75 Å². The standard InChI is InChI=1S/C19H20INO2S/c1-19(2,3)16-7-4-15(5-8-16)13-24-11-10-14-6-9-17(21-22)18(12-14)23-20/h4-12H,13H2,1-3H3/b11-10+. The van der Waals surface area contributed by atoms with E-state index in [2.05, 4.69) is 55.6 Å². The number of hydrogen-bond acceptors (Lipinski definition) is 4. The van der Waals surface area contributed by atoms with Crippen LogP contribution in [0.15, 0.2) is 53.0 Å². The smallest absolute Gasteiger partial charge is 0.192 e. The molecule has 0 aromatic heterocycles. The SMILES string of the molecule is CC(C)(C)c1ccc(CS/C=C/c2ccc(N=O)c(OI)c2)cc1. The lowest BCUT2D eigenvalue weighted by Crippen LogP contribution is -2.10. The van der Waals surface area contributed by atoms with Gasteiger partial charge in [0.1, 0.15) is 0 Å². The van der Waals surface area contributed by atoms with Crippen LogP contribution in [0.2, 0.25) is 0 Å². The largest absolute Gasteiger partial charge is 0.425 e. The summed E-state index contributed by atoms with van der Waals surface area (Å²) in [6.45, 7) is 6.66. The lowest BCUT2D eigenvalue weighted by molar-refractivity contribution is 0.590. The highest BCUT2D eigenvalue weighted by molar-refractivity contribution is 14.1. The Hall–Kier alpha value is -1.34. The molecule has 0 unspecified atom stereocenters. The summed E-state index contributed by atoms with van der Waals surface area (Å²) in [7, 11) is 0. The first-order chi connectivity index (χ1) is 11.4. The Morgan fingerprint density at radius 2 is 1.88 bits per heavy atom. The second-order valence-electron chi connectivity index (χ2n) is 6.46. The molecule has 0 aliphatic carbocycles. The van der Waals surface area contributed by atoms with Crippen LogP contribution in [0.1, 0.15) is 37.5 Å². The molecule has 0 amide bonds. The second kappa shape index (κ2) is 8.67. The van der Waals surface area contributed by atoms with Crippen LogP contribution in [0.4, 0.5) is 5.69 Å². The molecule has 126 valence electrons. The summed E-state index contributed by atoms with van der Waals surface area (Å²) in [6.07, 6.45) is 2.00. The average molecular weight is 453 g/mol. The van der Waals surface area contributed by atoms with Crippen molar-refractivity contribution in [1.29, 1.82) is 0 Å². The fourth-order valence-corrected chi connectivity index (χ4v) is 3.23. The Morgan fingerprint density at radius 3 is 2.46 bits per heavy atom. The second-order valence-corrected chi connectivity index (χ2v) is 7.79. The normalized spacial score (nSPS) is 11.7. The zero-order chi connectivity index (χ0) is 17.6. The highest BCUT2D eigenvalue weighted by Gasteiger charge is 2.12. The van der Waals surface area contributed by atoms with E-state index in [-0.39, 0.29) is 5.41 Å². The molecule has 3 nitrogen and oxygen atoms in total. The van der Waals surface area contributed by atoms with Gasteiger partial charge in [-0.05, 0) is 50.9 Å². The molecule has 0 bridgehead atoms. The maximum atomic E-state index is 10.6. The number of thioether (sulfide) groups is 1. The van der Waals surface area contributed by atoms with Gasteiger partial charge >= 0.3 is 0 Å². The number of nitroso groups, excluding NO2 is 1. The van der Waals surface area contributed by atoms with Crippen molar-refractivity contribution in [1.82, 2.24) is 0 Å². The van der Waals surface area contributed by atoms with E-state index in [4.69, 9.17) is 3.07 Å². The number of hydrogen-bond donors (Lipinski definition) is 0. The summed E-state index contributed by atoms with van der Waals surface area (Å²) in [5.41, 5.74) is 4.13. The Labute approximate surface area is 161 Å². The Balaban J connectivity index is 1.94. The van der Waals surface area contributed by atoms with E-state index in [0.717, 1.165) is 11.3 Å². The first-order valence-electron chi connectivity index (χ1n) is 7.57. The molecule has 2 rings (SSSR count). The predicted octanol–water partition coefficient (Wildman–Crippen LogP) is 7.01. The van der Waals surface area contributed by atoms with Gasteiger partial charge in [-0.25, -0.2) is 0 Å². The van der Waals surface area contributed by atoms with Crippen molar-refractivity contribution < 1.29 is 3.07 Å². The summed E-state index contributed by atoms with van der Waals surface area (Å²) in [5.74, 6) is 1.40. The Bertz CT molecular complexity index is 721. The monoisotopic (exact) mass is 453 g/mol. The van der Waals surface area contributed by atoms with Crippen LogP contribution in [0.3, 0.4) is 0 Å². The van der Waals surface area contributed by atoms with Crippen LogP contribution in [-0.2, 0) is 11.2 Å². The van der Waals surface area contributed by atoms with Gasteiger partial charge < -0.3 is 3.07 Å². The van der Waals surface area contributed by atoms with Crippen LogP contribution >= 0.6 is 34.8 Å². The molecule has 24 heavy (non-hydrogen) atoms. The zero-order valence-electron chi connectivity index (χ0n) is 14.0. The van der Waals surface area contributed by atoms with Crippen LogP contribution in [0.5, 0.6) is 5.75 Å².